The van der Waals surface area contributed by atoms with Crippen LogP contribution < -0.4 is 10.2 Å². The van der Waals surface area contributed by atoms with Gasteiger partial charge in [0.15, 0.2) is 0 Å². The molecule has 1 fully saturated rings. The standard InChI is InChI=1S/C22H26N2O2/c1-5-17-8-6-7-15(3)21(17)23-22(26)18-12-20(25)24(13-18)19-10-9-14(2)16(4)11-19/h6-11,18H,5,12-13H2,1-4H3,(H,23,26)/t18-/m1/s1. The van der Waals surface area contributed by atoms with Gasteiger partial charge in [0.1, 0.15) is 0 Å². The number of carbonyl (C=O) groups is 2. The molecule has 0 saturated carbocycles. The summed E-state index contributed by atoms with van der Waals surface area (Å²) in [5.74, 6) is -0.393. The molecule has 1 saturated heterocycles. The second-order valence-electron chi connectivity index (χ2n) is 7.13. The molecule has 2 aromatic rings. The van der Waals surface area contributed by atoms with Crippen LogP contribution in [0.2, 0.25) is 0 Å². The van der Waals surface area contributed by atoms with Gasteiger partial charge in [-0.1, -0.05) is 31.2 Å². The Kier molecular flexibility index (Phi) is 5.12. The number of para-hydroxylation sites is 1. The first-order chi connectivity index (χ1) is 12.4. The Labute approximate surface area is 155 Å². The fourth-order valence-electron chi connectivity index (χ4n) is 3.45. The molecule has 2 aromatic carbocycles. The molecule has 0 spiro atoms. The number of rotatable bonds is 4. The molecule has 1 aliphatic heterocycles. The van der Waals surface area contributed by atoms with Crippen LogP contribution in [-0.4, -0.2) is 18.4 Å². The van der Waals surface area contributed by atoms with Gasteiger partial charge < -0.3 is 10.2 Å². The maximum absolute atomic E-state index is 12.8. The Balaban J connectivity index is 1.76. The van der Waals surface area contributed by atoms with Crippen LogP contribution in [0.15, 0.2) is 36.4 Å². The third-order valence-electron chi connectivity index (χ3n) is 5.29. The Bertz CT molecular complexity index is 857. The molecule has 1 N–H and O–H groups in total. The molecular weight excluding hydrogens is 324 g/mol. The van der Waals surface area contributed by atoms with E-state index in [0.29, 0.717) is 6.54 Å². The highest BCUT2D eigenvalue weighted by Gasteiger charge is 2.35. The minimum Gasteiger partial charge on any atom is -0.325 e. The van der Waals surface area contributed by atoms with E-state index >= 15 is 0 Å². The molecular formula is C22H26N2O2. The highest BCUT2D eigenvalue weighted by Crippen LogP contribution is 2.29. The fourth-order valence-corrected chi connectivity index (χ4v) is 3.45. The summed E-state index contributed by atoms with van der Waals surface area (Å²) in [6, 6.07) is 12.0. The number of amides is 2. The van der Waals surface area contributed by atoms with Crippen molar-refractivity contribution in [2.24, 2.45) is 5.92 Å². The molecule has 1 heterocycles. The maximum atomic E-state index is 12.8. The molecule has 1 atom stereocenters. The van der Waals surface area contributed by atoms with Gasteiger partial charge >= 0.3 is 0 Å². The van der Waals surface area contributed by atoms with E-state index in [1.807, 2.05) is 50.2 Å². The van der Waals surface area contributed by atoms with Crippen LogP contribution in [0.5, 0.6) is 0 Å². The molecule has 2 amide bonds. The number of hydrogen-bond donors (Lipinski definition) is 1. The van der Waals surface area contributed by atoms with Crippen molar-refractivity contribution < 1.29 is 9.59 Å². The smallest absolute Gasteiger partial charge is 0.229 e. The molecule has 3 rings (SSSR count). The van der Waals surface area contributed by atoms with Crippen LogP contribution in [0.4, 0.5) is 11.4 Å². The maximum Gasteiger partial charge on any atom is 0.229 e. The minimum absolute atomic E-state index is 0.00824. The van der Waals surface area contributed by atoms with Crippen molar-refractivity contribution in [3.63, 3.8) is 0 Å². The average Bonchev–Trinajstić information content (AvgIpc) is 3.01. The summed E-state index contributed by atoms with van der Waals surface area (Å²) < 4.78 is 0. The zero-order valence-electron chi connectivity index (χ0n) is 15.9. The van der Waals surface area contributed by atoms with Gasteiger partial charge in [-0.25, -0.2) is 0 Å². The van der Waals surface area contributed by atoms with Crippen LogP contribution in [0.25, 0.3) is 0 Å². The normalized spacial score (nSPS) is 16.8. The summed E-state index contributed by atoms with van der Waals surface area (Å²) in [5.41, 5.74) is 6.27. The van der Waals surface area contributed by atoms with Gasteiger partial charge in [-0.2, -0.15) is 0 Å². The van der Waals surface area contributed by atoms with Crippen molar-refractivity contribution in [2.75, 3.05) is 16.8 Å². The average molecular weight is 350 g/mol. The van der Waals surface area contributed by atoms with Crippen molar-refractivity contribution in [1.29, 1.82) is 0 Å². The lowest BCUT2D eigenvalue weighted by atomic mass is 10.0. The van der Waals surface area contributed by atoms with E-state index in [1.54, 1.807) is 4.90 Å². The summed E-state index contributed by atoms with van der Waals surface area (Å²) in [5, 5.41) is 3.07. The lowest BCUT2D eigenvalue weighted by Gasteiger charge is -2.19. The monoisotopic (exact) mass is 350 g/mol. The molecule has 0 unspecified atom stereocenters. The molecule has 0 bridgehead atoms. The van der Waals surface area contributed by atoms with Crippen LogP contribution in [0.1, 0.15) is 35.6 Å². The number of aryl methyl sites for hydroxylation is 4. The van der Waals surface area contributed by atoms with Crippen molar-refractivity contribution in [3.8, 4) is 0 Å². The number of nitrogens with zero attached hydrogens (tertiary/aromatic N) is 1. The molecule has 4 nitrogen and oxygen atoms in total. The van der Waals surface area contributed by atoms with E-state index < -0.39 is 0 Å². The highest BCUT2D eigenvalue weighted by atomic mass is 16.2. The SMILES string of the molecule is CCc1cccc(C)c1NC(=O)[C@@H]1CC(=O)N(c2ccc(C)c(C)c2)C1. The topological polar surface area (TPSA) is 49.4 Å². The number of benzene rings is 2. The molecule has 0 radical (unpaired) electrons. The zero-order valence-corrected chi connectivity index (χ0v) is 15.9. The minimum atomic E-state index is -0.326. The summed E-state index contributed by atoms with van der Waals surface area (Å²) in [6.45, 7) is 8.59. The first kappa shape index (κ1) is 18.2. The molecule has 0 aromatic heterocycles. The second-order valence-corrected chi connectivity index (χ2v) is 7.13. The van der Waals surface area contributed by atoms with E-state index in [0.717, 1.165) is 34.5 Å². The van der Waals surface area contributed by atoms with Crippen LogP contribution in [0.3, 0.4) is 0 Å². The first-order valence-corrected chi connectivity index (χ1v) is 9.17. The van der Waals surface area contributed by atoms with E-state index in [4.69, 9.17) is 0 Å². The number of nitrogens with one attached hydrogen (secondary N) is 1. The van der Waals surface area contributed by atoms with Gasteiger partial charge in [-0.3, -0.25) is 9.59 Å². The van der Waals surface area contributed by atoms with Gasteiger partial charge in [0.05, 0.1) is 5.92 Å². The Morgan fingerprint density at radius 2 is 1.88 bits per heavy atom. The lowest BCUT2D eigenvalue weighted by molar-refractivity contribution is -0.122. The molecule has 4 heteroatoms. The van der Waals surface area contributed by atoms with Crippen LogP contribution in [0, 0.1) is 26.7 Å². The van der Waals surface area contributed by atoms with Crippen molar-refractivity contribution in [2.45, 2.75) is 40.5 Å². The van der Waals surface area contributed by atoms with Crippen molar-refractivity contribution in [3.05, 3.63) is 58.7 Å². The predicted octanol–water partition coefficient (Wildman–Crippen LogP) is 4.17. The number of anilines is 2. The van der Waals surface area contributed by atoms with Crippen molar-refractivity contribution in [1.82, 2.24) is 0 Å². The van der Waals surface area contributed by atoms with E-state index in [-0.39, 0.29) is 24.2 Å². The van der Waals surface area contributed by atoms with E-state index in [2.05, 4.69) is 19.2 Å². The largest absolute Gasteiger partial charge is 0.325 e. The van der Waals surface area contributed by atoms with Gasteiger partial charge in [0, 0.05) is 24.3 Å². The number of carbonyl (C=O) groups excluding carboxylic acids is 2. The van der Waals surface area contributed by atoms with Crippen LogP contribution >= 0.6 is 0 Å². The van der Waals surface area contributed by atoms with Gasteiger partial charge in [-0.15, -0.1) is 0 Å². The van der Waals surface area contributed by atoms with Crippen LogP contribution in [-0.2, 0) is 16.0 Å². The zero-order chi connectivity index (χ0) is 18.8. The second kappa shape index (κ2) is 7.32. The fraction of sp³-hybridized carbons (Fsp3) is 0.364. The predicted molar refractivity (Wildman–Crippen MR) is 106 cm³/mol. The Morgan fingerprint density at radius 1 is 1.12 bits per heavy atom. The van der Waals surface area contributed by atoms with Gasteiger partial charge in [0.2, 0.25) is 11.8 Å². The van der Waals surface area contributed by atoms with E-state index in [1.165, 1.54) is 5.56 Å². The molecule has 136 valence electrons. The third kappa shape index (κ3) is 3.50. The van der Waals surface area contributed by atoms with Crippen molar-refractivity contribution >= 4 is 23.2 Å². The molecule has 1 aliphatic rings. The summed E-state index contributed by atoms with van der Waals surface area (Å²) >= 11 is 0. The number of hydrogen-bond acceptors (Lipinski definition) is 2. The quantitative estimate of drug-likeness (QED) is 0.900. The Morgan fingerprint density at radius 3 is 2.58 bits per heavy atom. The highest BCUT2D eigenvalue weighted by molar-refractivity contribution is 6.04. The third-order valence-corrected chi connectivity index (χ3v) is 5.29. The Hall–Kier alpha value is -2.62. The lowest BCUT2D eigenvalue weighted by Crippen LogP contribution is -2.28. The summed E-state index contributed by atoms with van der Waals surface area (Å²) in [4.78, 5) is 27.0. The van der Waals surface area contributed by atoms with Gasteiger partial charge in [-0.05, 0) is 61.6 Å². The van der Waals surface area contributed by atoms with E-state index in [9.17, 15) is 9.59 Å². The molecule has 0 aliphatic carbocycles. The molecule has 26 heavy (non-hydrogen) atoms. The summed E-state index contributed by atoms with van der Waals surface area (Å²) in [6.07, 6.45) is 1.11. The summed E-state index contributed by atoms with van der Waals surface area (Å²) in [7, 11) is 0. The van der Waals surface area contributed by atoms with Gasteiger partial charge in [0.25, 0.3) is 0 Å². The first-order valence-electron chi connectivity index (χ1n) is 9.17.